The van der Waals surface area contributed by atoms with Crippen molar-refractivity contribution in [3.05, 3.63) is 53.3 Å². The van der Waals surface area contributed by atoms with Gasteiger partial charge in [-0.2, -0.15) is 0 Å². The monoisotopic (exact) mass is 307 g/mol. The second-order valence-corrected chi connectivity index (χ2v) is 4.82. The van der Waals surface area contributed by atoms with E-state index < -0.39 is 0 Å². The third-order valence-corrected chi connectivity index (χ3v) is 3.35. The minimum Gasteiger partial charge on any atom is -0.351 e. The maximum Gasteiger partial charge on any atom is 0.253 e. The van der Waals surface area contributed by atoms with Crippen LogP contribution in [0, 0.1) is 13.8 Å². The van der Waals surface area contributed by atoms with Gasteiger partial charge in [-0.25, -0.2) is 0 Å². The second-order valence-electron chi connectivity index (χ2n) is 4.82. The molecule has 0 aliphatic heterocycles. The van der Waals surface area contributed by atoms with Gasteiger partial charge < -0.3 is 15.2 Å². The van der Waals surface area contributed by atoms with E-state index in [1.807, 2.05) is 57.3 Å². The molecule has 0 bridgehead atoms. The molecule has 5 heteroatoms. The molecule has 0 unspecified atom stereocenters. The average molecular weight is 308 g/mol. The van der Waals surface area contributed by atoms with Crippen LogP contribution in [0.2, 0.25) is 0 Å². The molecule has 0 aliphatic rings. The van der Waals surface area contributed by atoms with Gasteiger partial charge in [0.15, 0.2) is 0 Å². The van der Waals surface area contributed by atoms with Crippen molar-refractivity contribution in [1.29, 1.82) is 0 Å². The minimum atomic E-state index is -0.0180. The van der Waals surface area contributed by atoms with Gasteiger partial charge in [-0.05, 0) is 39.1 Å². The summed E-state index contributed by atoms with van der Waals surface area (Å²) in [6.07, 6.45) is 0. The fourth-order valence-electron chi connectivity index (χ4n) is 2.36. The molecule has 4 nitrogen and oxygen atoms in total. The lowest BCUT2D eigenvalue weighted by molar-refractivity contribution is 0.0953. The normalized spacial score (nSPS) is 10.0. The van der Waals surface area contributed by atoms with Gasteiger partial charge in [-0.3, -0.25) is 4.79 Å². The molecule has 1 aromatic heterocycles. The van der Waals surface area contributed by atoms with E-state index in [1.54, 1.807) is 0 Å². The van der Waals surface area contributed by atoms with Crippen LogP contribution >= 0.6 is 12.4 Å². The van der Waals surface area contributed by atoms with Crippen molar-refractivity contribution in [2.75, 3.05) is 20.1 Å². The highest BCUT2D eigenvalue weighted by Gasteiger charge is 2.15. The number of halogens is 1. The number of nitrogens with one attached hydrogen (secondary N) is 2. The predicted octanol–water partition coefficient (Wildman–Crippen LogP) is 2.47. The van der Waals surface area contributed by atoms with Gasteiger partial charge in [0.25, 0.3) is 5.91 Å². The van der Waals surface area contributed by atoms with E-state index in [9.17, 15) is 4.79 Å². The number of rotatable bonds is 5. The van der Waals surface area contributed by atoms with Gasteiger partial charge in [0.05, 0.1) is 5.56 Å². The van der Waals surface area contributed by atoms with Crippen LogP contribution in [0.1, 0.15) is 21.7 Å². The summed E-state index contributed by atoms with van der Waals surface area (Å²) in [5, 5.41) is 5.93. The van der Waals surface area contributed by atoms with Crippen molar-refractivity contribution in [1.82, 2.24) is 15.2 Å². The first-order chi connectivity index (χ1) is 9.65. The molecule has 21 heavy (non-hydrogen) atoms. The SMILES string of the molecule is CNCCNC(=O)c1cc(C)n(-c2ccccc2)c1C.Cl. The van der Waals surface area contributed by atoms with Crippen LogP contribution in [-0.2, 0) is 0 Å². The minimum absolute atomic E-state index is 0. The van der Waals surface area contributed by atoms with Crippen LogP contribution < -0.4 is 10.6 Å². The first kappa shape index (κ1) is 17.3. The zero-order chi connectivity index (χ0) is 14.5. The summed E-state index contributed by atoms with van der Waals surface area (Å²) in [4.78, 5) is 12.2. The molecule has 114 valence electrons. The number of amides is 1. The molecule has 0 radical (unpaired) electrons. The number of aromatic nitrogens is 1. The number of carbonyl (C=O) groups excluding carboxylic acids is 1. The quantitative estimate of drug-likeness (QED) is 0.834. The second kappa shape index (κ2) is 7.86. The Morgan fingerprint density at radius 2 is 1.81 bits per heavy atom. The molecular formula is C16H22ClN3O. The molecule has 1 aromatic carbocycles. The highest BCUT2D eigenvalue weighted by Crippen LogP contribution is 2.20. The number of para-hydroxylation sites is 1. The average Bonchev–Trinajstić information content (AvgIpc) is 2.75. The summed E-state index contributed by atoms with van der Waals surface area (Å²) in [6, 6.07) is 12.0. The van der Waals surface area contributed by atoms with Crippen molar-refractivity contribution in [3.8, 4) is 5.69 Å². The zero-order valence-corrected chi connectivity index (χ0v) is 13.5. The first-order valence-corrected chi connectivity index (χ1v) is 6.82. The largest absolute Gasteiger partial charge is 0.351 e. The number of hydrogen-bond donors (Lipinski definition) is 2. The topological polar surface area (TPSA) is 46.1 Å². The first-order valence-electron chi connectivity index (χ1n) is 6.82. The van der Waals surface area contributed by atoms with Gasteiger partial charge >= 0.3 is 0 Å². The summed E-state index contributed by atoms with van der Waals surface area (Å²) in [7, 11) is 1.87. The van der Waals surface area contributed by atoms with Crippen molar-refractivity contribution in [3.63, 3.8) is 0 Å². The number of benzene rings is 1. The Labute approximate surface area is 132 Å². The maximum atomic E-state index is 12.2. The van der Waals surface area contributed by atoms with Gasteiger partial charge in [-0.15, -0.1) is 12.4 Å². The van der Waals surface area contributed by atoms with E-state index in [4.69, 9.17) is 0 Å². The summed E-state index contributed by atoms with van der Waals surface area (Å²) in [6.45, 7) is 5.39. The lowest BCUT2D eigenvalue weighted by atomic mass is 10.2. The maximum absolute atomic E-state index is 12.2. The van der Waals surface area contributed by atoms with E-state index in [-0.39, 0.29) is 18.3 Å². The third-order valence-electron chi connectivity index (χ3n) is 3.35. The summed E-state index contributed by atoms with van der Waals surface area (Å²) in [5.41, 5.74) is 3.85. The van der Waals surface area contributed by atoms with Gasteiger partial charge in [-0.1, -0.05) is 18.2 Å². The standard InChI is InChI=1S/C16H21N3O.ClH/c1-12-11-15(16(20)18-10-9-17-3)13(2)19(12)14-7-5-4-6-8-14;/h4-8,11,17H,9-10H2,1-3H3,(H,18,20);1H. The van der Waals surface area contributed by atoms with E-state index in [0.717, 1.165) is 29.2 Å². The smallest absolute Gasteiger partial charge is 0.253 e. The highest BCUT2D eigenvalue weighted by atomic mass is 35.5. The van der Waals surface area contributed by atoms with Crippen molar-refractivity contribution in [2.24, 2.45) is 0 Å². The third kappa shape index (κ3) is 3.86. The molecule has 2 aromatic rings. The van der Waals surface area contributed by atoms with Crippen LogP contribution in [0.5, 0.6) is 0 Å². The molecule has 0 fully saturated rings. The Bertz CT molecular complexity index is 593. The lowest BCUT2D eigenvalue weighted by Crippen LogP contribution is -2.30. The van der Waals surface area contributed by atoms with Gasteiger partial charge in [0, 0.05) is 30.2 Å². The Balaban J connectivity index is 0.00000220. The molecule has 2 rings (SSSR count). The molecule has 2 N–H and O–H groups in total. The predicted molar refractivity (Wildman–Crippen MR) is 88.8 cm³/mol. The molecule has 0 spiro atoms. The zero-order valence-electron chi connectivity index (χ0n) is 12.6. The lowest BCUT2D eigenvalue weighted by Gasteiger charge is -2.10. The number of likely N-dealkylation sites (N-methyl/N-ethyl adjacent to an activating group) is 1. The summed E-state index contributed by atoms with van der Waals surface area (Å²) < 4.78 is 2.10. The Morgan fingerprint density at radius 3 is 2.43 bits per heavy atom. The number of hydrogen-bond acceptors (Lipinski definition) is 2. The molecule has 0 saturated carbocycles. The molecule has 0 atom stereocenters. The van der Waals surface area contributed by atoms with Crippen LogP contribution in [0.3, 0.4) is 0 Å². The molecule has 1 heterocycles. The molecule has 0 aliphatic carbocycles. The fourth-order valence-corrected chi connectivity index (χ4v) is 2.36. The highest BCUT2D eigenvalue weighted by molar-refractivity contribution is 5.95. The van der Waals surface area contributed by atoms with Crippen molar-refractivity contribution >= 4 is 18.3 Å². The van der Waals surface area contributed by atoms with Crippen LogP contribution in [-0.4, -0.2) is 30.6 Å². The Morgan fingerprint density at radius 1 is 1.14 bits per heavy atom. The summed E-state index contributed by atoms with van der Waals surface area (Å²) in [5.74, 6) is -0.0180. The number of nitrogens with zero attached hydrogens (tertiary/aromatic N) is 1. The van der Waals surface area contributed by atoms with Crippen LogP contribution in [0.25, 0.3) is 5.69 Å². The molecule has 1 amide bonds. The van der Waals surface area contributed by atoms with Crippen molar-refractivity contribution in [2.45, 2.75) is 13.8 Å². The summed E-state index contributed by atoms with van der Waals surface area (Å²) >= 11 is 0. The van der Waals surface area contributed by atoms with E-state index in [1.165, 1.54) is 0 Å². The van der Waals surface area contributed by atoms with Crippen LogP contribution in [0.15, 0.2) is 36.4 Å². The van der Waals surface area contributed by atoms with Crippen molar-refractivity contribution < 1.29 is 4.79 Å². The Kier molecular flexibility index (Phi) is 6.46. The number of aryl methyl sites for hydroxylation is 1. The number of carbonyl (C=O) groups is 1. The fraction of sp³-hybridized carbons (Fsp3) is 0.312. The van der Waals surface area contributed by atoms with E-state index in [0.29, 0.717) is 6.54 Å². The van der Waals surface area contributed by atoms with Gasteiger partial charge in [0.2, 0.25) is 0 Å². The van der Waals surface area contributed by atoms with E-state index >= 15 is 0 Å². The van der Waals surface area contributed by atoms with Gasteiger partial charge in [0.1, 0.15) is 0 Å². The van der Waals surface area contributed by atoms with Crippen LogP contribution in [0.4, 0.5) is 0 Å². The Hall–Kier alpha value is -1.78. The van der Waals surface area contributed by atoms with E-state index in [2.05, 4.69) is 15.2 Å². The molecule has 0 saturated heterocycles. The molecular weight excluding hydrogens is 286 g/mol.